The Bertz CT molecular complexity index is 1240. The number of phenols is 1. The second kappa shape index (κ2) is 9.89. The number of benzene rings is 3. The predicted octanol–water partition coefficient (Wildman–Crippen LogP) is 4.59. The van der Waals surface area contributed by atoms with Crippen LogP contribution in [0.15, 0.2) is 66.7 Å². The number of carboxylic acid groups (broad SMARTS) is 1. The predicted molar refractivity (Wildman–Crippen MR) is 131 cm³/mol. The number of hydrogen-bond donors (Lipinski definition) is 4. The standard InChI is InChI=1S/C27H26N2O6/c1-15(25(31)29-17-11-12-22(26(32)33)24(30)13-17)16(2)28-27(34)35-14-23-20-9-5-3-7-18(20)19-8-4-6-10-21(19)23/h3-13,15-16,23,30H,14H2,1-2H3,(H,28,34)(H,29,31)(H,32,33). The molecule has 4 rings (SSSR count). The van der Waals surface area contributed by atoms with E-state index < -0.39 is 35.7 Å². The Morgan fingerprint density at radius 3 is 2.11 bits per heavy atom. The highest BCUT2D eigenvalue weighted by atomic mass is 16.5. The average molecular weight is 475 g/mol. The Kier molecular flexibility index (Phi) is 6.73. The summed E-state index contributed by atoms with van der Waals surface area (Å²) in [6.07, 6.45) is -0.623. The molecule has 180 valence electrons. The van der Waals surface area contributed by atoms with Crippen LogP contribution in [-0.2, 0) is 9.53 Å². The summed E-state index contributed by atoms with van der Waals surface area (Å²) in [4.78, 5) is 36.1. The largest absolute Gasteiger partial charge is 0.507 e. The highest BCUT2D eigenvalue weighted by molar-refractivity contribution is 5.95. The number of anilines is 1. The van der Waals surface area contributed by atoms with Crippen molar-refractivity contribution in [1.82, 2.24) is 5.32 Å². The lowest BCUT2D eigenvalue weighted by Crippen LogP contribution is -2.42. The molecule has 2 amide bonds. The topological polar surface area (TPSA) is 125 Å². The van der Waals surface area contributed by atoms with Crippen LogP contribution in [-0.4, -0.2) is 40.8 Å². The lowest BCUT2D eigenvalue weighted by atomic mass is 9.98. The number of rotatable bonds is 7. The quantitative estimate of drug-likeness (QED) is 0.397. The number of hydrogen-bond acceptors (Lipinski definition) is 5. The molecule has 1 aliphatic rings. The molecule has 3 aromatic rings. The fraction of sp³-hybridized carbons (Fsp3) is 0.222. The molecule has 1 aliphatic carbocycles. The Hall–Kier alpha value is -4.33. The van der Waals surface area contributed by atoms with E-state index in [9.17, 15) is 19.5 Å². The van der Waals surface area contributed by atoms with Gasteiger partial charge in [-0.15, -0.1) is 0 Å². The van der Waals surface area contributed by atoms with Crippen molar-refractivity contribution >= 4 is 23.7 Å². The van der Waals surface area contributed by atoms with Gasteiger partial charge in [-0.05, 0) is 41.3 Å². The van der Waals surface area contributed by atoms with Crippen LogP contribution in [0.1, 0.15) is 41.3 Å². The molecule has 0 aliphatic heterocycles. The average Bonchev–Trinajstić information content (AvgIpc) is 3.15. The molecule has 2 unspecified atom stereocenters. The first-order valence-corrected chi connectivity index (χ1v) is 11.2. The van der Waals surface area contributed by atoms with Crippen molar-refractivity contribution in [2.24, 2.45) is 5.92 Å². The van der Waals surface area contributed by atoms with E-state index in [0.717, 1.165) is 28.3 Å². The molecule has 0 saturated carbocycles. The SMILES string of the molecule is CC(NC(=O)OCC1c2ccccc2-c2ccccc21)C(C)C(=O)Nc1ccc(C(=O)O)c(O)c1. The van der Waals surface area contributed by atoms with E-state index in [1.165, 1.54) is 12.1 Å². The summed E-state index contributed by atoms with van der Waals surface area (Å²) in [6.45, 7) is 3.51. The Balaban J connectivity index is 1.33. The van der Waals surface area contributed by atoms with Gasteiger partial charge < -0.3 is 25.6 Å². The zero-order chi connectivity index (χ0) is 25.1. The van der Waals surface area contributed by atoms with Crippen molar-refractivity contribution in [1.29, 1.82) is 0 Å². The minimum atomic E-state index is -1.27. The monoisotopic (exact) mass is 474 g/mol. The van der Waals surface area contributed by atoms with E-state index in [4.69, 9.17) is 9.84 Å². The number of aromatic hydroxyl groups is 1. The lowest BCUT2D eigenvalue weighted by molar-refractivity contribution is -0.120. The second-order valence-corrected chi connectivity index (χ2v) is 8.57. The van der Waals surface area contributed by atoms with Crippen LogP contribution in [0, 0.1) is 5.92 Å². The summed E-state index contributed by atoms with van der Waals surface area (Å²) in [6, 6.07) is 19.3. The van der Waals surface area contributed by atoms with Crippen LogP contribution in [0.3, 0.4) is 0 Å². The first kappa shape index (κ1) is 23.8. The molecular formula is C27H26N2O6. The number of amides is 2. The number of carboxylic acids is 1. The van der Waals surface area contributed by atoms with E-state index >= 15 is 0 Å². The molecule has 0 fully saturated rings. The Morgan fingerprint density at radius 2 is 1.54 bits per heavy atom. The van der Waals surface area contributed by atoms with Crippen molar-refractivity contribution in [2.45, 2.75) is 25.8 Å². The Labute approximate surface area is 202 Å². The van der Waals surface area contributed by atoms with Gasteiger partial charge in [0.15, 0.2) is 0 Å². The summed E-state index contributed by atoms with van der Waals surface area (Å²) in [7, 11) is 0. The first-order valence-electron chi connectivity index (χ1n) is 11.2. The third-order valence-corrected chi connectivity index (χ3v) is 6.35. The lowest BCUT2D eigenvalue weighted by Gasteiger charge is -2.21. The van der Waals surface area contributed by atoms with Gasteiger partial charge in [-0.1, -0.05) is 55.5 Å². The molecule has 0 heterocycles. The molecule has 35 heavy (non-hydrogen) atoms. The third kappa shape index (κ3) is 4.96. The molecule has 3 aromatic carbocycles. The number of carbonyl (C=O) groups excluding carboxylic acids is 2. The van der Waals surface area contributed by atoms with Crippen LogP contribution in [0.25, 0.3) is 11.1 Å². The summed E-state index contributed by atoms with van der Waals surface area (Å²) in [5.74, 6) is -2.82. The van der Waals surface area contributed by atoms with Gasteiger partial charge in [-0.2, -0.15) is 0 Å². The van der Waals surface area contributed by atoms with E-state index in [1.54, 1.807) is 13.8 Å². The number of carbonyl (C=O) groups is 3. The van der Waals surface area contributed by atoms with E-state index in [0.29, 0.717) is 0 Å². The maximum absolute atomic E-state index is 12.6. The molecule has 2 atom stereocenters. The van der Waals surface area contributed by atoms with Crippen molar-refractivity contribution < 1.29 is 29.3 Å². The fourth-order valence-corrected chi connectivity index (χ4v) is 4.22. The molecular weight excluding hydrogens is 448 g/mol. The fourth-order valence-electron chi connectivity index (χ4n) is 4.22. The molecule has 0 radical (unpaired) electrons. The van der Waals surface area contributed by atoms with Gasteiger partial charge in [0.1, 0.15) is 17.9 Å². The van der Waals surface area contributed by atoms with Gasteiger partial charge in [-0.3, -0.25) is 4.79 Å². The summed E-state index contributed by atoms with van der Waals surface area (Å²) in [5.41, 5.74) is 4.48. The van der Waals surface area contributed by atoms with Crippen molar-refractivity contribution in [3.63, 3.8) is 0 Å². The van der Waals surface area contributed by atoms with Crippen LogP contribution < -0.4 is 10.6 Å². The molecule has 0 bridgehead atoms. The minimum Gasteiger partial charge on any atom is -0.507 e. The maximum atomic E-state index is 12.6. The van der Waals surface area contributed by atoms with Crippen LogP contribution in [0.5, 0.6) is 5.75 Å². The smallest absolute Gasteiger partial charge is 0.407 e. The highest BCUT2D eigenvalue weighted by Gasteiger charge is 2.29. The van der Waals surface area contributed by atoms with Crippen LogP contribution in [0.4, 0.5) is 10.5 Å². The Morgan fingerprint density at radius 1 is 0.943 bits per heavy atom. The minimum absolute atomic E-state index is 0.0642. The molecule has 8 heteroatoms. The van der Waals surface area contributed by atoms with E-state index in [-0.39, 0.29) is 23.8 Å². The third-order valence-electron chi connectivity index (χ3n) is 6.35. The number of nitrogens with one attached hydrogen (secondary N) is 2. The summed E-state index contributed by atoms with van der Waals surface area (Å²) in [5, 5.41) is 24.1. The number of aromatic carboxylic acids is 1. The van der Waals surface area contributed by atoms with E-state index in [2.05, 4.69) is 22.8 Å². The van der Waals surface area contributed by atoms with Crippen molar-refractivity contribution in [2.75, 3.05) is 11.9 Å². The molecule has 0 aromatic heterocycles. The first-order chi connectivity index (χ1) is 16.8. The molecule has 8 nitrogen and oxygen atoms in total. The van der Waals surface area contributed by atoms with Crippen molar-refractivity contribution in [3.8, 4) is 16.9 Å². The van der Waals surface area contributed by atoms with Gasteiger partial charge in [0.25, 0.3) is 0 Å². The number of fused-ring (bicyclic) bond motifs is 3. The van der Waals surface area contributed by atoms with Crippen LogP contribution in [0.2, 0.25) is 0 Å². The molecule has 0 spiro atoms. The highest BCUT2D eigenvalue weighted by Crippen LogP contribution is 2.44. The zero-order valence-electron chi connectivity index (χ0n) is 19.3. The van der Waals surface area contributed by atoms with Gasteiger partial charge in [-0.25, -0.2) is 9.59 Å². The second-order valence-electron chi connectivity index (χ2n) is 8.57. The summed E-state index contributed by atoms with van der Waals surface area (Å²) >= 11 is 0. The van der Waals surface area contributed by atoms with Gasteiger partial charge in [0, 0.05) is 23.7 Å². The van der Waals surface area contributed by atoms with Gasteiger partial charge in [0.05, 0.1) is 5.92 Å². The summed E-state index contributed by atoms with van der Waals surface area (Å²) < 4.78 is 5.54. The maximum Gasteiger partial charge on any atom is 0.407 e. The zero-order valence-corrected chi connectivity index (χ0v) is 19.3. The van der Waals surface area contributed by atoms with Gasteiger partial charge >= 0.3 is 12.1 Å². The number of ether oxygens (including phenoxy) is 1. The van der Waals surface area contributed by atoms with Gasteiger partial charge in [0.2, 0.25) is 5.91 Å². The molecule has 4 N–H and O–H groups in total. The van der Waals surface area contributed by atoms with Crippen molar-refractivity contribution in [3.05, 3.63) is 83.4 Å². The number of alkyl carbamates (subject to hydrolysis) is 1. The molecule has 0 saturated heterocycles. The van der Waals surface area contributed by atoms with Crippen LogP contribution >= 0.6 is 0 Å². The van der Waals surface area contributed by atoms with E-state index in [1.807, 2.05) is 36.4 Å². The normalized spacial score (nSPS) is 13.8.